The van der Waals surface area contributed by atoms with Crippen LogP contribution < -0.4 is 4.72 Å². The standard InChI is InChI=1S/C15H15F2NO4S2/c1-10(14-7-6-11(16)8-15(14)17)18-24(21,22)13-5-3-4-12(9-13)23(2,19)20/h3-10,18H,1-2H3. The summed E-state index contributed by atoms with van der Waals surface area (Å²) < 4.78 is 76.7. The molecule has 0 heterocycles. The molecular weight excluding hydrogens is 360 g/mol. The summed E-state index contributed by atoms with van der Waals surface area (Å²) in [5.74, 6) is -1.65. The van der Waals surface area contributed by atoms with E-state index in [2.05, 4.69) is 4.72 Å². The molecule has 5 nitrogen and oxygen atoms in total. The van der Waals surface area contributed by atoms with Crippen molar-refractivity contribution >= 4 is 19.9 Å². The van der Waals surface area contributed by atoms with Crippen molar-refractivity contribution in [2.75, 3.05) is 6.26 Å². The molecule has 0 aromatic heterocycles. The molecular formula is C15H15F2NO4S2. The fraction of sp³-hybridized carbons (Fsp3) is 0.200. The van der Waals surface area contributed by atoms with Crippen LogP contribution in [0.1, 0.15) is 18.5 Å². The highest BCUT2D eigenvalue weighted by Gasteiger charge is 2.22. The van der Waals surface area contributed by atoms with Crippen LogP contribution in [-0.4, -0.2) is 23.1 Å². The summed E-state index contributed by atoms with van der Waals surface area (Å²) >= 11 is 0. The lowest BCUT2D eigenvalue weighted by atomic mass is 10.1. The molecule has 0 saturated heterocycles. The van der Waals surface area contributed by atoms with Crippen LogP contribution in [0.25, 0.3) is 0 Å². The van der Waals surface area contributed by atoms with Crippen molar-refractivity contribution < 1.29 is 25.6 Å². The van der Waals surface area contributed by atoms with E-state index in [1.54, 1.807) is 0 Å². The molecule has 0 bridgehead atoms. The van der Waals surface area contributed by atoms with Crippen molar-refractivity contribution in [3.05, 3.63) is 59.7 Å². The molecule has 1 atom stereocenters. The molecule has 1 N–H and O–H groups in total. The summed E-state index contributed by atoms with van der Waals surface area (Å²) in [5, 5.41) is 0. The molecule has 0 spiro atoms. The number of rotatable bonds is 5. The minimum absolute atomic E-state index is 0.0285. The Bertz CT molecular complexity index is 973. The van der Waals surface area contributed by atoms with Gasteiger partial charge in [0.15, 0.2) is 9.84 Å². The minimum atomic E-state index is -4.09. The number of halogens is 2. The lowest BCUT2D eigenvalue weighted by molar-refractivity contribution is 0.540. The van der Waals surface area contributed by atoms with E-state index in [0.717, 1.165) is 24.5 Å². The number of benzene rings is 2. The first-order valence-corrected chi connectivity index (χ1v) is 10.2. The van der Waals surface area contributed by atoms with Gasteiger partial charge in [0.2, 0.25) is 10.0 Å². The Kier molecular flexibility index (Phi) is 5.07. The van der Waals surface area contributed by atoms with Gasteiger partial charge in [-0.15, -0.1) is 0 Å². The zero-order chi connectivity index (χ0) is 18.1. The van der Waals surface area contributed by atoms with Gasteiger partial charge in [0.05, 0.1) is 9.79 Å². The van der Waals surface area contributed by atoms with Crippen LogP contribution in [0.5, 0.6) is 0 Å². The Morgan fingerprint density at radius 2 is 1.58 bits per heavy atom. The van der Waals surface area contributed by atoms with Gasteiger partial charge in [0.25, 0.3) is 0 Å². The Labute approximate surface area is 139 Å². The Morgan fingerprint density at radius 1 is 0.958 bits per heavy atom. The first-order valence-electron chi connectivity index (χ1n) is 6.78. The molecule has 24 heavy (non-hydrogen) atoms. The predicted octanol–water partition coefficient (Wildman–Crippen LogP) is 2.41. The van der Waals surface area contributed by atoms with Crippen molar-refractivity contribution in [3.8, 4) is 0 Å². The third-order valence-corrected chi connectivity index (χ3v) is 5.95. The molecule has 0 radical (unpaired) electrons. The van der Waals surface area contributed by atoms with Gasteiger partial charge < -0.3 is 0 Å². The van der Waals surface area contributed by atoms with Crippen molar-refractivity contribution in [1.82, 2.24) is 4.72 Å². The summed E-state index contributed by atoms with van der Waals surface area (Å²) in [5.41, 5.74) is -0.0285. The average molecular weight is 375 g/mol. The number of hydrogen-bond donors (Lipinski definition) is 1. The fourth-order valence-electron chi connectivity index (χ4n) is 2.09. The molecule has 130 valence electrons. The smallest absolute Gasteiger partial charge is 0.224 e. The number of sulfonamides is 1. The number of hydrogen-bond acceptors (Lipinski definition) is 4. The third kappa shape index (κ3) is 4.16. The van der Waals surface area contributed by atoms with Gasteiger partial charge in [0.1, 0.15) is 11.6 Å². The van der Waals surface area contributed by atoms with Gasteiger partial charge >= 0.3 is 0 Å². The van der Waals surface area contributed by atoms with E-state index in [4.69, 9.17) is 0 Å². The Hall–Kier alpha value is -1.84. The van der Waals surface area contributed by atoms with Crippen molar-refractivity contribution in [2.45, 2.75) is 22.8 Å². The van der Waals surface area contributed by atoms with Crippen molar-refractivity contribution in [3.63, 3.8) is 0 Å². The minimum Gasteiger partial charge on any atom is -0.224 e. The first kappa shape index (κ1) is 18.5. The zero-order valence-corrected chi connectivity index (χ0v) is 14.5. The van der Waals surface area contributed by atoms with Crippen LogP contribution in [0.4, 0.5) is 8.78 Å². The predicted molar refractivity (Wildman–Crippen MR) is 84.6 cm³/mol. The monoisotopic (exact) mass is 375 g/mol. The van der Waals surface area contributed by atoms with Gasteiger partial charge in [-0.05, 0) is 31.2 Å². The Morgan fingerprint density at radius 3 is 2.17 bits per heavy atom. The van der Waals surface area contributed by atoms with E-state index >= 15 is 0 Å². The van der Waals surface area contributed by atoms with Crippen molar-refractivity contribution in [1.29, 1.82) is 0 Å². The third-order valence-electron chi connectivity index (χ3n) is 3.30. The van der Waals surface area contributed by atoms with Crippen LogP contribution in [0, 0.1) is 11.6 Å². The molecule has 1 unspecified atom stereocenters. The summed E-state index contributed by atoms with van der Waals surface area (Å²) in [6.07, 6.45) is 0.961. The average Bonchev–Trinajstić information content (AvgIpc) is 2.45. The first-order chi connectivity index (χ1) is 11.0. The lowest BCUT2D eigenvalue weighted by Gasteiger charge is -2.15. The van der Waals surface area contributed by atoms with Crippen LogP contribution in [0.15, 0.2) is 52.3 Å². The Balaban J connectivity index is 2.34. The molecule has 2 aromatic rings. The van der Waals surface area contributed by atoms with Crippen LogP contribution in [0.3, 0.4) is 0 Å². The molecule has 0 aliphatic carbocycles. The maximum absolute atomic E-state index is 13.7. The lowest BCUT2D eigenvalue weighted by Crippen LogP contribution is -2.27. The van der Waals surface area contributed by atoms with Gasteiger partial charge in [-0.2, -0.15) is 0 Å². The maximum atomic E-state index is 13.7. The van der Waals surface area contributed by atoms with Crippen LogP contribution in [-0.2, 0) is 19.9 Å². The summed E-state index contributed by atoms with van der Waals surface area (Å²) in [6, 6.07) is 6.67. The highest BCUT2D eigenvalue weighted by Crippen LogP contribution is 2.21. The summed E-state index contributed by atoms with van der Waals surface area (Å²) in [4.78, 5) is -0.411. The van der Waals surface area contributed by atoms with Gasteiger partial charge in [-0.25, -0.2) is 30.3 Å². The van der Waals surface area contributed by atoms with E-state index in [9.17, 15) is 25.6 Å². The largest absolute Gasteiger partial charge is 0.241 e. The quantitative estimate of drug-likeness (QED) is 0.870. The zero-order valence-electron chi connectivity index (χ0n) is 12.8. The molecule has 0 aliphatic heterocycles. The summed E-state index contributed by atoms with van der Waals surface area (Å²) in [7, 11) is -7.66. The molecule has 0 aliphatic rings. The highest BCUT2D eigenvalue weighted by atomic mass is 32.2. The maximum Gasteiger partial charge on any atom is 0.241 e. The van der Waals surface area contributed by atoms with Crippen LogP contribution >= 0.6 is 0 Å². The topological polar surface area (TPSA) is 80.3 Å². The van der Waals surface area contributed by atoms with E-state index in [0.29, 0.717) is 6.07 Å². The molecule has 0 saturated carbocycles. The van der Waals surface area contributed by atoms with Gasteiger partial charge in [0, 0.05) is 23.9 Å². The van der Waals surface area contributed by atoms with Gasteiger partial charge in [-0.3, -0.25) is 0 Å². The van der Waals surface area contributed by atoms with Crippen LogP contribution in [0.2, 0.25) is 0 Å². The second-order valence-electron chi connectivity index (χ2n) is 5.26. The number of nitrogens with one attached hydrogen (secondary N) is 1. The summed E-state index contributed by atoms with van der Waals surface area (Å²) in [6.45, 7) is 1.40. The van der Waals surface area contributed by atoms with E-state index < -0.39 is 37.5 Å². The number of sulfone groups is 1. The molecule has 0 amide bonds. The second-order valence-corrected chi connectivity index (χ2v) is 8.99. The SMILES string of the molecule is CC(NS(=O)(=O)c1cccc(S(C)(=O)=O)c1)c1ccc(F)cc1F. The molecule has 2 aromatic carbocycles. The van der Waals surface area contributed by atoms with Gasteiger partial charge in [-0.1, -0.05) is 12.1 Å². The molecule has 9 heteroatoms. The van der Waals surface area contributed by atoms with Crippen molar-refractivity contribution in [2.24, 2.45) is 0 Å². The highest BCUT2D eigenvalue weighted by molar-refractivity contribution is 7.91. The molecule has 0 fully saturated rings. The normalized spacial score (nSPS) is 13.7. The second kappa shape index (κ2) is 6.58. The van der Waals surface area contributed by atoms with E-state index in [1.165, 1.54) is 25.1 Å². The van der Waals surface area contributed by atoms with E-state index in [1.807, 2.05) is 0 Å². The molecule has 2 rings (SSSR count). The van der Waals surface area contributed by atoms with E-state index in [-0.39, 0.29) is 15.4 Å². The fourth-order valence-corrected chi connectivity index (χ4v) is 4.10.